The van der Waals surface area contributed by atoms with Crippen molar-refractivity contribution in [2.75, 3.05) is 11.9 Å². The number of carbonyl (C=O) groups is 1. The van der Waals surface area contributed by atoms with Crippen LogP contribution in [0.3, 0.4) is 0 Å². The van der Waals surface area contributed by atoms with Crippen LogP contribution in [-0.4, -0.2) is 32.0 Å². The number of pyridine rings is 1. The Morgan fingerprint density at radius 3 is 2.54 bits per heavy atom. The summed E-state index contributed by atoms with van der Waals surface area (Å²) >= 11 is 5.84. The highest BCUT2D eigenvalue weighted by molar-refractivity contribution is 7.80. The number of thiocarbonyl (C=S) groups is 1. The molecular weight excluding hydrogens is 533 g/mol. The molecule has 5 aromatic rings. The van der Waals surface area contributed by atoms with Gasteiger partial charge in [0, 0.05) is 47.3 Å². The van der Waals surface area contributed by atoms with Crippen LogP contribution >= 0.6 is 12.2 Å². The number of amides is 1. The third-order valence-corrected chi connectivity index (χ3v) is 8.07. The van der Waals surface area contributed by atoms with Gasteiger partial charge in [0.2, 0.25) is 5.91 Å². The van der Waals surface area contributed by atoms with E-state index >= 15 is 0 Å². The summed E-state index contributed by atoms with van der Waals surface area (Å²) in [5, 5.41) is 9.23. The molecule has 1 amide bonds. The summed E-state index contributed by atoms with van der Waals surface area (Å²) in [5.74, 6) is -0.356. The van der Waals surface area contributed by atoms with Gasteiger partial charge in [0.05, 0.1) is 17.8 Å². The average Bonchev–Trinajstić information content (AvgIpc) is 3.47. The number of anilines is 1. The van der Waals surface area contributed by atoms with Crippen LogP contribution in [0.2, 0.25) is 0 Å². The minimum atomic E-state index is -0.273. The van der Waals surface area contributed by atoms with Crippen LogP contribution in [0.4, 0.5) is 10.1 Å². The van der Waals surface area contributed by atoms with Crippen molar-refractivity contribution in [3.8, 4) is 5.69 Å². The van der Waals surface area contributed by atoms with E-state index in [9.17, 15) is 9.18 Å². The van der Waals surface area contributed by atoms with Crippen LogP contribution in [-0.2, 0) is 4.79 Å². The van der Waals surface area contributed by atoms with E-state index in [2.05, 4.69) is 38.1 Å². The Morgan fingerprint density at radius 2 is 1.76 bits per heavy atom. The molecule has 1 fully saturated rings. The van der Waals surface area contributed by atoms with Crippen molar-refractivity contribution >= 4 is 39.7 Å². The first-order chi connectivity index (χ1) is 19.9. The molecule has 206 valence electrons. The standard InChI is InChI=1S/C33H30FN5OS/c1-21-20-27(22(2)39(21)25-15-13-24(34)14-16-25)32-31(29-11-5-6-18-35-29)37-33(41)38(32)19-17-30(40)36-28-12-7-9-23-8-3-4-10-26(23)28/h3-16,18,20,31-32H,17,19H2,1-2H3,(H,36,40)(H,37,41)/t31-,32+/m1/s1. The zero-order valence-corrected chi connectivity index (χ0v) is 23.7. The molecule has 0 saturated carbocycles. The van der Waals surface area contributed by atoms with E-state index < -0.39 is 0 Å². The monoisotopic (exact) mass is 563 g/mol. The molecule has 0 spiro atoms. The van der Waals surface area contributed by atoms with Crippen molar-refractivity contribution < 1.29 is 9.18 Å². The smallest absolute Gasteiger partial charge is 0.226 e. The lowest BCUT2D eigenvalue weighted by atomic mass is 9.96. The molecule has 2 aromatic heterocycles. The van der Waals surface area contributed by atoms with Crippen molar-refractivity contribution in [1.29, 1.82) is 0 Å². The van der Waals surface area contributed by atoms with Crippen LogP contribution in [0.5, 0.6) is 0 Å². The van der Waals surface area contributed by atoms with E-state index in [-0.39, 0.29) is 30.2 Å². The predicted molar refractivity (Wildman–Crippen MR) is 165 cm³/mol. The molecule has 2 atom stereocenters. The van der Waals surface area contributed by atoms with Crippen molar-refractivity contribution in [3.05, 3.63) is 126 Å². The van der Waals surface area contributed by atoms with Crippen LogP contribution in [0, 0.1) is 19.7 Å². The fourth-order valence-corrected chi connectivity index (χ4v) is 6.16. The van der Waals surface area contributed by atoms with Gasteiger partial charge in [-0.1, -0.05) is 42.5 Å². The Bertz CT molecular complexity index is 1730. The molecule has 6 nitrogen and oxygen atoms in total. The Hall–Kier alpha value is -4.56. The second-order valence-electron chi connectivity index (χ2n) is 10.3. The topological polar surface area (TPSA) is 62.2 Å². The van der Waals surface area contributed by atoms with Crippen LogP contribution in [0.25, 0.3) is 16.5 Å². The lowest BCUT2D eigenvalue weighted by Gasteiger charge is -2.28. The SMILES string of the molecule is Cc1cc([C@H]2[C@@H](c3ccccn3)NC(=S)N2CCC(=O)Nc2cccc3ccccc23)c(C)n1-c1ccc(F)cc1. The van der Waals surface area contributed by atoms with E-state index in [0.717, 1.165) is 44.8 Å². The van der Waals surface area contributed by atoms with Crippen LogP contribution in [0.1, 0.15) is 41.1 Å². The first-order valence-electron chi connectivity index (χ1n) is 13.6. The molecule has 0 unspecified atom stereocenters. The summed E-state index contributed by atoms with van der Waals surface area (Å²) in [6.45, 7) is 4.53. The number of hydrogen-bond acceptors (Lipinski definition) is 3. The molecule has 6 rings (SSSR count). The van der Waals surface area contributed by atoms with Gasteiger partial charge in [0.1, 0.15) is 5.82 Å². The maximum absolute atomic E-state index is 13.7. The van der Waals surface area contributed by atoms with Gasteiger partial charge in [-0.25, -0.2) is 4.39 Å². The van der Waals surface area contributed by atoms with Gasteiger partial charge in [-0.2, -0.15) is 0 Å². The van der Waals surface area contributed by atoms with Gasteiger partial charge in [0.15, 0.2) is 5.11 Å². The number of fused-ring (bicyclic) bond motifs is 1. The molecule has 1 aliphatic rings. The summed E-state index contributed by atoms with van der Waals surface area (Å²) in [6, 6.07) is 28.0. The predicted octanol–water partition coefficient (Wildman–Crippen LogP) is 6.78. The fraction of sp³-hybridized carbons (Fsp3) is 0.182. The van der Waals surface area contributed by atoms with E-state index in [4.69, 9.17) is 12.2 Å². The van der Waals surface area contributed by atoms with Crippen molar-refractivity contribution in [3.63, 3.8) is 0 Å². The van der Waals surface area contributed by atoms with Gasteiger partial charge in [-0.15, -0.1) is 0 Å². The molecule has 41 heavy (non-hydrogen) atoms. The second-order valence-corrected chi connectivity index (χ2v) is 10.7. The summed E-state index contributed by atoms with van der Waals surface area (Å²) in [5.41, 5.74) is 5.67. The summed E-state index contributed by atoms with van der Waals surface area (Å²) in [7, 11) is 0. The Morgan fingerprint density at radius 1 is 1.00 bits per heavy atom. The fourth-order valence-electron chi connectivity index (χ4n) is 5.83. The number of aromatic nitrogens is 2. The number of benzene rings is 3. The molecule has 3 heterocycles. The lowest BCUT2D eigenvalue weighted by Crippen LogP contribution is -2.33. The van der Waals surface area contributed by atoms with Gasteiger partial charge in [-0.3, -0.25) is 9.78 Å². The maximum Gasteiger partial charge on any atom is 0.226 e. The number of nitrogens with one attached hydrogen (secondary N) is 2. The summed E-state index contributed by atoms with van der Waals surface area (Å²) < 4.78 is 15.8. The Kier molecular flexibility index (Phi) is 7.24. The molecule has 0 bridgehead atoms. The normalized spacial score (nSPS) is 16.7. The minimum Gasteiger partial charge on any atom is -0.352 e. The van der Waals surface area contributed by atoms with E-state index in [1.54, 1.807) is 18.3 Å². The van der Waals surface area contributed by atoms with Gasteiger partial charge >= 0.3 is 0 Å². The van der Waals surface area contributed by atoms with Crippen molar-refractivity contribution in [1.82, 2.24) is 19.8 Å². The molecular formula is C33H30FN5OS. The quantitative estimate of drug-likeness (QED) is 0.214. The summed E-state index contributed by atoms with van der Waals surface area (Å²) in [6.07, 6.45) is 2.03. The highest BCUT2D eigenvalue weighted by Crippen LogP contribution is 2.41. The number of rotatable bonds is 7. The number of carbonyl (C=O) groups excluding carboxylic acids is 1. The van der Waals surface area contributed by atoms with Crippen molar-refractivity contribution in [2.24, 2.45) is 0 Å². The average molecular weight is 564 g/mol. The highest BCUT2D eigenvalue weighted by atomic mass is 32.1. The number of aryl methyl sites for hydroxylation is 1. The minimum absolute atomic E-state index is 0.0824. The van der Waals surface area contributed by atoms with E-state index in [1.807, 2.05) is 67.6 Å². The van der Waals surface area contributed by atoms with Gasteiger partial charge in [-0.05, 0) is 85.5 Å². The summed E-state index contributed by atoms with van der Waals surface area (Å²) in [4.78, 5) is 19.9. The first-order valence-corrected chi connectivity index (χ1v) is 14.0. The number of nitrogens with zero attached hydrogens (tertiary/aromatic N) is 3. The maximum atomic E-state index is 13.7. The third kappa shape index (κ3) is 5.18. The van der Waals surface area contributed by atoms with Crippen LogP contribution < -0.4 is 10.6 Å². The Balaban J connectivity index is 1.31. The van der Waals surface area contributed by atoms with E-state index in [0.29, 0.717) is 11.7 Å². The largest absolute Gasteiger partial charge is 0.352 e. The first kappa shape index (κ1) is 26.7. The molecule has 8 heteroatoms. The number of hydrogen-bond donors (Lipinski definition) is 2. The van der Waals surface area contributed by atoms with Gasteiger partial charge < -0.3 is 20.1 Å². The molecule has 0 aliphatic carbocycles. The zero-order chi connectivity index (χ0) is 28.5. The Labute approximate surface area is 243 Å². The number of halogens is 1. The van der Waals surface area contributed by atoms with Gasteiger partial charge in [0.25, 0.3) is 0 Å². The van der Waals surface area contributed by atoms with E-state index in [1.165, 1.54) is 12.1 Å². The van der Waals surface area contributed by atoms with Crippen molar-refractivity contribution in [2.45, 2.75) is 32.4 Å². The third-order valence-electron chi connectivity index (χ3n) is 7.72. The molecule has 1 aliphatic heterocycles. The zero-order valence-electron chi connectivity index (χ0n) is 22.8. The molecule has 3 aromatic carbocycles. The lowest BCUT2D eigenvalue weighted by molar-refractivity contribution is -0.116. The molecule has 1 saturated heterocycles. The second kappa shape index (κ2) is 11.1. The van der Waals surface area contributed by atoms with Crippen LogP contribution in [0.15, 0.2) is 97.2 Å². The molecule has 2 N–H and O–H groups in total. The molecule has 0 radical (unpaired) electrons. The highest BCUT2D eigenvalue weighted by Gasteiger charge is 2.41.